The second kappa shape index (κ2) is 14.5. The molecule has 8 nitrogen and oxygen atoms in total. The summed E-state index contributed by atoms with van der Waals surface area (Å²) < 4.78 is 28.4. The van der Waals surface area contributed by atoms with Crippen LogP contribution < -0.4 is 16.2 Å². The van der Waals surface area contributed by atoms with Gasteiger partial charge in [-0.05, 0) is 74.4 Å². The number of aliphatic imine (C=N–C) groups is 2. The fourth-order valence-corrected chi connectivity index (χ4v) is 4.97. The van der Waals surface area contributed by atoms with Crippen molar-refractivity contribution in [2.75, 3.05) is 33.2 Å². The number of nitrogens with one attached hydrogen (secondary N) is 2. The van der Waals surface area contributed by atoms with Crippen LogP contribution in [0.5, 0.6) is 0 Å². The lowest BCUT2D eigenvalue weighted by Crippen LogP contribution is -2.41. The number of allylic oxidation sites excluding steroid dienone is 4. The topological polar surface area (TPSA) is 91.1 Å². The van der Waals surface area contributed by atoms with E-state index in [2.05, 4.69) is 50.9 Å². The number of piperidine rings is 1. The van der Waals surface area contributed by atoms with Crippen molar-refractivity contribution >= 4 is 17.3 Å². The number of nitrogens with zero attached hydrogens (tertiary/aromatic N) is 4. The molecule has 1 fully saturated rings. The molecular formula is C33H36F2N6O2. The molecule has 1 aliphatic carbocycles. The van der Waals surface area contributed by atoms with Crippen molar-refractivity contribution in [3.05, 3.63) is 106 Å². The molecule has 1 saturated heterocycles. The quantitative estimate of drug-likeness (QED) is 0.361. The van der Waals surface area contributed by atoms with Crippen LogP contribution in [0, 0.1) is 23.5 Å². The van der Waals surface area contributed by atoms with E-state index in [1.165, 1.54) is 22.9 Å². The first-order chi connectivity index (χ1) is 20.7. The SMILES string of the molecule is C=C(N=C1C=C(C#CCNC(=O)c2cccn([C@@H](C)c3ccc(F)c(F)c3)c2=O)C=CC1=NC)NC1CCN(CC)CC1. The summed E-state index contributed by atoms with van der Waals surface area (Å²) in [6, 6.07) is 6.13. The van der Waals surface area contributed by atoms with E-state index in [-0.39, 0.29) is 12.1 Å². The molecule has 2 aliphatic rings. The lowest BCUT2D eigenvalue weighted by atomic mass is 10.0. The molecule has 1 aromatic carbocycles. The Hall–Kier alpha value is -4.62. The van der Waals surface area contributed by atoms with Crippen molar-refractivity contribution in [2.24, 2.45) is 9.98 Å². The Labute approximate surface area is 250 Å². The predicted molar refractivity (Wildman–Crippen MR) is 166 cm³/mol. The predicted octanol–water partition coefficient (Wildman–Crippen LogP) is 4.02. The Morgan fingerprint density at radius 3 is 2.63 bits per heavy atom. The summed E-state index contributed by atoms with van der Waals surface area (Å²) in [7, 11) is 1.70. The number of pyridine rings is 1. The first-order valence-corrected chi connectivity index (χ1v) is 14.3. The van der Waals surface area contributed by atoms with E-state index in [1.54, 1.807) is 20.0 Å². The maximum Gasteiger partial charge on any atom is 0.263 e. The summed E-state index contributed by atoms with van der Waals surface area (Å²) in [5, 5.41) is 6.07. The molecule has 224 valence electrons. The smallest absolute Gasteiger partial charge is 0.263 e. The molecule has 1 amide bonds. The van der Waals surface area contributed by atoms with Gasteiger partial charge in [0.05, 0.1) is 24.0 Å². The van der Waals surface area contributed by atoms with Crippen molar-refractivity contribution in [1.82, 2.24) is 20.1 Å². The van der Waals surface area contributed by atoms with E-state index in [0.29, 0.717) is 34.4 Å². The molecule has 0 bridgehead atoms. The molecule has 0 radical (unpaired) electrons. The molecule has 1 aliphatic heterocycles. The third kappa shape index (κ3) is 8.02. The van der Waals surface area contributed by atoms with Gasteiger partial charge in [-0.3, -0.25) is 14.6 Å². The Morgan fingerprint density at radius 2 is 1.93 bits per heavy atom. The molecule has 0 unspecified atom stereocenters. The number of aromatic nitrogens is 1. The number of carbonyl (C=O) groups is 1. The third-order valence-corrected chi connectivity index (χ3v) is 7.51. The standard InChI is InChI=1S/C33H36F2N6O2/c1-5-40-18-14-26(15-19-40)38-23(3)39-31-20-24(10-13-30(31)36-4)8-6-16-37-32(42)27-9-7-17-41(33(27)43)22(2)25-11-12-28(34)29(35)21-25/h7,9-13,17,20-22,26,38H,3,5,14-16,18-19H2,1-2,4H3,(H,37,42)/t22-/m0/s1. The van der Waals surface area contributed by atoms with Gasteiger partial charge in [0, 0.05) is 37.9 Å². The minimum Gasteiger partial charge on any atom is -0.368 e. The van der Waals surface area contributed by atoms with Crippen molar-refractivity contribution in [3.63, 3.8) is 0 Å². The maximum atomic E-state index is 13.7. The minimum absolute atomic E-state index is 0.00297. The fraction of sp³-hybridized carbons (Fsp3) is 0.333. The molecule has 4 rings (SSSR count). The Balaban J connectivity index is 1.39. The summed E-state index contributed by atoms with van der Waals surface area (Å²) in [6.45, 7) is 11.1. The number of halogens is 2. The van der Waals surface area contributed by atoms with Gasteiger partial charge < -0.3 is 20.1 Å². The van der Waals surface area contributed by atoms with Crippen molar-refractivity contribution in [1.29, 1.82) is 0 Å². The molecule has 2 aromatic rings. The fourth-order valence-electron chi connectivity index (χ4n) is 4.97. The summed E-state index contributed by atoms with van der Waals surface area (Å²) in [5.74, 6) is 3.93. The van der Waals surface area contributed by atoms with Gasteiger partial charge in [0.15, 0.2) is 11.6 Å². The number of hydrogen-bond donors (Lipinski definition) is 2. The van der Waals surface area contributed by atoms with E-state index in [9.17, 15) is 18.4 Å². The molecule has 1 aromatic heterocycles. The average molecular weight is 587 g/mol. The van der Waals surface area contributed by atoms with Crippen molar-refractivity contribution in [3.8, 4) is 11.8 Å². The number of hydrogen-bond acceptors (Lipinski definition) is 6. The van der Waals surface area contributed by atoms with E-state index in [4.69, 9.17) is 0 Å². The van der Waals surface area contributed by atoms with Crippen LogP contribution in [0.2, 0.25) is 0 Å². The first kappa shape index (κ1) is 31.3. The van der Waals surface area contributed by atoms with Crippen LogP contribution in [-0.2, 0) is 0 Å². The van der Waals surface area contributed by atoms with Crippen LogP contribution in [-0.4, -0.2) is 66.1 Å². The monoisotopic (exact) mass is 586 g/mol. The molecular weight excluding hydrogens is 550 g/mol. The van der Waals surface area contributed by atoms with Gasteiger partial charge in [0.25, 0.3) is 11.5 Å². The van der Waals surface area contributed by atoms with Crippen LogP contribution in [0.25, 0.3) is 0 Å². The van der Waals surface area contributed by atoms with Crippen molar-refractivity contribution in [2.45, 2.75) is 38.8 Å². The highest BCUT2D eigenvalue weighted by Crippen LogP contribution is 2.19. The zero-order valence-electron chi connectivity index (χ0n) is 24.7. The average Bonchev–Trinajstić information content (AvgIpc) is 3.00. The van der Waals surface area contributed by atoms with Gasteiger partial charge >= 0.3 is 0 Å². The first-order valence-electron chi connectivity index (χ1n) is 14.3. The Kier molecular flexibility index (Phi) is 10.6. The minimum atomic E-state index is -1.01. The number of carbonyl (C=O) groups excluding carboxylic acids is 1. The van der Waals surface area contributed by atoms with E-state index >= 15 is 0 Å². The number of rotatable bonds is 8. The summed E-state index contributed by atoms with van der Waals surface area (Å²) >= 11 is 0. The van der Waals surface area contributed by atoms with Crippen LogP contribution in [0.4, 0.5) is 8.78 Å². The third-order valence-electron chi connectivity index (χ3n) is 7.51. The van der Waals surface area contributed by atoms with Crippen LogP contribution >= 0.6 is 0 Å². The lowest BCUT2D eigenvalue weighted by molar-refractivity contribution is 0.0956. The number of benzene rings is 1. The van der Waals surface area contributed by atoms with Gasteiger partial charge in [0.1, 0.15) is 11.4 Å². The van der Waals surface area contributed by atoms with Crippen LogP contribution in [0.15, 0.2) is 87.5 Å². The zero-order valence-corrected chi connectivity index (χ0v) is 24.7. The summed E-state index contributed by atoms with van der Waals surface area (Å²) in [4.78, 5) is 37.2. The Morgan fingerprint density at radius 1 is 1.16 bits per heavy atom. The van der Waals surface area contributed by atoms with Gasteiger partial charge in [-0.15, -0.1) is 0 Å². The van der Waals surface area contributed by atoms with E-state index in [0.717, 1.165) is 44.6 Å². The molecule has 43 heavy (non-hydrogen) atoms. The Bertz CT molecular complexity index is 1620. The van der Waals surface area contributed by atoms with E-state index in [1.807, 2.05) is 18.2 Å². The molecule has 0 saturated carbocycles. The highest BCUT2D eigenvalue weighted by atomic mass is 19.2. The molecule has 0 spiro atoms. The second-order valence-corrected chi connectivity index (χ2v) is 10.3. The summed E-state index contributed by atoms with van der Waals surface area (Å²) in [5.41, 5.74) is 1.79. The highest BCUT2D eigenvalue weighted by molar-refractivity contribution is 6.51. The van der Waals surface area contributed by atoms with Gasteiger partial charge in [-0.2, -0.15) is 0 Å². The lowest BCUT2D eigenvalue weighted by Gasteiger charge is -2.31. The highest BCUT2D eigenvalue weighted by Gasteiger charge is 2.19. The zero-order chi connectivity index (χ0) is 30.9. The van der Waals surface area contributed by atoms with Crippen LogP contribution in [0.3, 0.4) is 0 Å². The summed E-state index contributed by atoms with van der Waals surface area (Å²) in [6.07, 6.45) is 9.04. The number of amides is 1. The van der Waals surface area contributed by atoms with Crippen molar-refractivity contribution < 1.29 is 13.6 Å². The molecule has 2 N–H and O–H groups in total. The maximum absolute atomic E-state index is 13.7. The molecule has 1 atom stereocenters. The van der Waals surface area contributed by atoms with Gasteiger partial charge in [-0.1, -0.05) is 31.4 Å². The second-order valence-electron chi connectivity index (χ2n) is 10.3. The molecule has 10 heteroatoms. The normalized spacial score (nSPS) is 18.1. The number of likely N-dealkylation sites (tertiary alicyclic amines) is 1. The van der Waals surface area contributed by atoms with Crippen LogP contribution in [0.1, 0.15) is 48.7 Å². The van der Waals surface area contributed by atoms with Gasteiger partial charge in [-0.25, -0.2) is 13.8 Å². The van der Waals surface area contributed by atoms with E-state index < -0.39 is 29.1 Å². The van der Waals surface area contributed by atoms with Gasteiger partial charge in [0.2, 0.25) is 0 Å². The largest absolute Gasteiger partial charge is 0.368 e. The molecule has 2 heterocycles.